The minimum absolute atomic E-state index is 0.111. The highest BCUT2D eigenvalue weighted by atomic mass is 19.4. The van der Waals surface area contributed by atoms with Crippen LogP contribution < -0.4 is 11.1 Å². The first kappa shape index (κ1) is 23.2. The van der Waals surface area contributed by atoms with Crippen LogP contribution in [-0.2, 0) is 25.5 Å². The van der Waals surface area contributed by atoms with Crippen molar-refractivity contribution in [2.75, 3.05) is 19.0 Å². The van der Waals surface area contributed by atoms with Crippen LogP contribution in [0.5, 0.6) is 0 Å². The van der Waals surface area contributed by atoms with Crippen molar-refractivity contribution in [3.05, 3.63) is 35.4 Å². The summed E-state index contributed by atoms with van der Waals surface area (Å²) in [5.41, 5.74) is 8.32. The maximum atomic E-state index is 12.0. The smallest absolute Gasteiger partial charge is 0.475 e. The Kier molecular flexibility index (Phi) is 8.65. The van der Waals surface area contributed by atoms with Gasteiger partial charge in [0, 0.05) is 5.69 Å². The molecule has 0 aromatic heterocycles. The van der Waals surface area contributed by atoms with Crippen LogP contribution in [0.2, 0.25) is 0 Å². The summed E-state index contributed by atoms with van der Waals surface area (Å²) in [6, 6.07) is 5.92. The number of amides is 1. The lowest BCUT2D eigenvalue weighted by Crippen LogP contribution is -2.31. The molecule has 1 unspecified atom stereocenters. The number of carboxylic acids is 1. The molecule has 0 saturated carbocycles. The fraction of sp³-hybridized carbons (Fsp3) is 0.389. The highest BCUT2D eigenvalue weighted by Gasteiger charge is 2.38. The predicted octanol–water partition coefficient (Wildman–Crippen LogP) is 2.36. The second-order valence-electron chi connectivity index (χ2n) is 5.87. The highest BCUT2D eigenvalue weighted by molar-refractivity contribution is 5.97. The van der Waals surface area contributed by atoms with Gasteiger partial charge in [0.1, 0.15) is 0 Å². The topological polar surface area (TPSA) is 119 Å². The Balaban J connectivity index is 0.000000480. The third kappa shape index (κ3) is 7.39. The Morgan fingerprint density at radius 3 is 2.57 bits per heavy atom. The average molecular weight is 402 g/mol. The number of carbonyl (C=O) groups excluding carboxylic acids is 2. The van der Waals surface area contributed by atoms with E-state index in [1.165, 1.54) is 7.11 Å². The largest absolute Gasteiger partial charge is 0.490 e. The molecule has 1 aliphatic heterocycles. The molecular formula is C18H21F3N2O5. The van der Waals surface area contributed by atoms with E-state index in [1.807, 2.05) is 30.4 Å². The van der Waals surface area contributed by atoms with Gasteiger partial charge in [-0.3, -0.25) is 9.59 Å². The van der Waals surface area contributed by atoms with Gasteiger partial charge in [-0.15, -0.1) is 0 Å². The lowest BCUT2D eigenvalue weighted by Gasteiger charge is -2.24. The minimum atomic E-state index is -5.08. The Morgan fingerprint density at radius 2 is 2.04 bits per heavy atom. The van der Waals surface area contributed by atoms with Gasteiger partial charge in [0.2, 0.25) is 5.91 Å². The van der Waals surface area contributed by atoms with E-state index in [4.69, 9.17) is 15.6 Å². The number of anilines is 1. The summed E-state index contributed by atoms with van der Waals surface area (Å²) in [6.45, 7) is 0.618. The van der Waals surface area contributed by atoms with Crippen molar-refractivity contribution in [1.29, 1.82) is 0 Å². The fourth-order valence-corrected chi connectivity index (χ4v) is 2.35. The summed E-state index contributed by atoms with van der Waals surface area (Å²) < 4.78 is 36.4. The number of esters is 1. The maximum Gasteiger partial charge on any atom is 0.490 e. The number of alkyl halides is 3. The Labute approximate surface area is 159 Å². The molecule has 0 radical (unpaired) electrons. The number of methoxy groups -OCH3 is 1. The number of ether oxygens (including phenoxy) is 1. The monoisotopic (exact) mass is 402 g/mol. The van der Waals surface area contributed by atoms with E-state index in [2.05, 4.69) is 10.1 Å². The summed E-state index contributed by atoms with van der Waals surface area (Å²) in [6.07, 6.45) is 0.403. The van der Waals surface area contributed by atoms with Gasteiger partial charge in [-0.05, 0) is 36.6 Å². The zero-order chi connectivity index (χ0) is 21.3. The summed E-state index contributed by atoms with van der Waals surface area (Å²) in [7, 11) is 1.33. The molecule has 0 saturated heterocycles. The molecule has 1 aliphatic rings. The van der Waals surface area contributed by atoms with Crippen molar-refractivity contribution in [2.45, 2.75) is 25.4 Å². The fourth-order valence-electron chi connectivity index (χ4n) is 2.35. The standard InChI is InChI=1S/C16H20N2O3.C2HF3O2/c1-21-15(19)10-13-9-12-6-5-11(4-2-3-7-17)8-14(12)18-16(13)20;3-2(4,5)1(6)7/h2,4-6,8,13H,3,7,9-10,17H2,1H3,(H,18,20);(H,6,7)/b4-2+;. The summed E-state index contributed by atoms with van der Waals surface area (Å²) in [5, 5.41) is 9.99. The SMILES string of the molecule is COC(=O)CC1Cc2ccc(/C=C/CCN)cc2NC1=O.O=C(O)C(F)(F)F. The number of nitrogens with two attached hydrogens (primary N) is 1. The van der Waals surface area contributed by atoms with Gasteiger partial charge < -0.3 is 20.9 Å². The first-order valence-corrected chi connectivity index (χ1v) is 8.25. The summed E-state index contributed by atoms with van der Waals surface area (Å²) in [4.78, 5) is 32.2. The highest BCUT2D eigenvalue weighted by Crippen LogP contribution is 2.28. The van der Waals surface area contributed by atoms with Crippen LogP contribution in [0.3, 0.4) is 0 Å². The number of nitrogens with one attached hydrogen (secondary N) is 1. The first-order valence-electron chi connectivity index (χ1n) is 8.25. The summed E-state index contributed by atoms with van der Waals surface area (Å²) in [5.74, 6) is -3.60. The van der Waals surface area contributed by atoms with Crippen molar-refractivity contribution in [3.63, 3.8) is 0 Å². The molecule has 0 fully saturated rings. The van der Waals surface area contributed by atoms with E-state index < -0.39 is 12.1 Å². The van der Waals surface area contributed by atoms with E-state index in [0.717, 1.165) is 23.2 Å². The molecule has 28 heavy (non-hydrogen) atoms. The molecule has 0 aliphatic carbocycles. The van der Waals surface area contributed by atoms with E-state index in [9.17, 15) is 22.8 Å². The van der Waals surface area contributed by atoms with Crippen LogP contribution in [0.1, 0.15) is 24.0 Å². The molecule has 0 spiro atoms. The van der Waals surface area contributed by atoms with Crippen LogP contribution in [0.4, 0.5) is 18.9 Å². The number of hydrogen-bond donors (Lipinski definition) is 3. The molecule has 154 valence electrons. The lowest BCUT2D eigenvalue weighted by molar-refractivity contribution is -0.192. The second-order valence-corrected chi connectivity index (χ2v) is 5.87. The molecule has 7 nitrogen and oxygen atoms in total. The molecule has 4 N–H and O–H groups in total. The molecule has 0 bridgehead atoms. The summed E-state index contributed by atoms with van der Waals surface area (Å²) >= 11 is 0. The molecule has 1 aromatic carbocycles. The lowest BCUT2D eigenvalue weighted by atomic mass is 9.90. The van der Waals surface area contributed by atoms with Gasteiger partial charge in [-0.2, -0.15) is 13.2 Å². The normalized spacial score (nSPS) is 15.9. The van der Waals surface area contributed by atoms with Crippen molar-refractivity contribution < 1.29 is 37.4 Å². The number of hydrogen-bond acceptors (Lipinski definition) is 5. The van der Waals surface area contributed by atoms with Gasteiger partial charge in [0.25, 0.3) is 0 Å². The zero-order valence-corrected chi connectivity index (χ0v) is 15.1. The number of fused-ring (bicyclic) bond motifs is 1. The van der Waals surface area contributed by atoms with Crippen molar-refractivity contribution >= 4 is 29.6 Å². The average Bonchev–Trinajstić information content (AvgIpc) is 2.62. The van der Waals surface area contributed by atoms with E-state index in [-0.39, 0.29) is 24.2 Å². The molecule has 1 heterocycles. The van der Waals surface area contributed by atoms with Crippen LogP contribution in [-0.4, -0.2) is 42.8 Å². The van der Waals surface area contributed by atoms with Gasteiger partial charge >= 0.3 is 18.1 Å². The van der Waals surface area contributed by atoms with Gasteiger partial charge in [-0.25, -0.2) is 4.79 Å². The van der Waals surface area contributed by atoms with Crippen LogP contribution in [0, 0.1) is 5.92 Å². The molecular weight excluding hydrogens is 381 g/mol. The number of aliphatic carboxylic acids is 1. The molecule has 1 atom stereocenters. The van der Waals surface area contributed by atoms with Crippen LogP contribution >= 0.6 is 0 Å². The predicted molar refractivity (Wildman–Crippen MR) is 95.3 cm³/mol. The second kappa shape index (κ2) is 10.5. The molecule has 2 rings (SSSR count). The molecule has 10 heteroatoms. The Morgan fingerprint density at radius 1 is 1.39 bits per heavy atom. The third-order valence-corrected chi connectivity index (χ3v) is 3.76. The number of halogens is 3. The van der Waals surface area contributed by atoms with E-state index in [0.29, 0.717) is 13.0 Å². The van der Waals surface area contributed by atoms with Crippen LogP contribution in [0.15, 0.2) is 24.3 Å². The van der Waals surface area contributed by atoms with E-state index >= 15 is 0 Å². The molecule has 1 aromatic rings. The first-order chi connectivity index (χ1) is 13.1. The quantitative estimate of drug-likeness (QED) is 0.651. The third-order valence-electron chi connectivity index (χ3n) is 3.76. The van der Waals surface area contributed by atoms with E-state index in [1.54, 1.807) is 0 Å². The number of benzene rings is 1. The zero-order valence-electron chi connectivity index (χ0n) is 15.1. The number of carboxylic acid groups (broad SMARTS) is 1. The Bertz CT molecular complexity index is 747. The van der Waals surface area contributed by atoms with Gasteiger partial charge in [0.15, 0.2) is 0 Å². The maximum absolute atomic E-state index is 12.0. The number of carbonyl (C=O) groups is 3. The Hall–Kier alpha value is -2.88. The van der Waals surface area contributed by atoms with Gasteiger partial charge in [0.05, 0.1) is 19.4 Å². The van der Waals surface area contributed by atoms with Gasteiger partial charge in [-0.1, -0.05) is 24.3 Å². The van der Waals surface area contributed by atoms with Crippen LogP contribution in [0.25, 0.3) is 6.08 Å². The van der Waals surface area contributed by atoms with Crippen molar-refractivity contribution in [1.82, 2.24) is 0 Å². The van der Waals surface area contributed by atoms with Crippen molar-refractivity contribution in [2.24, 2.45) is 11.7 Å². The van der Waals surface area contributed by atoms with Crippen molar-refractivity contribution in [3.8, 4) is 0 Å². The number of rotatable bonds is 5. The minimum Gasteiger partial charge on any atom is -0.475 e. The molecule has 1 amide bonds.